The van der Waals surface area contributed by atoms with Crippen LogP contribution in [0.1, 0.15) is 25.3 Å². The number of nitrogens with zero attached hydrogens (tertiary/aromatic N) is 1. The number of hydrogen-bond donors (Lipinski definition) is 0. The van der Waals surface area contributed by atoms with Crippen molar-refractivity contribution in [1.82, 2.24) is 0 Å². The molecule has 120 valence electrons. The minimum atomic E-state index is -0.578. The van der Waals surface area contributed by atoms with Crippen LogP contribution in [0, 0.1) is 10.1 Å². The van der Waals surface area contributed by atoms with Crippen molar-refractivity contribution in [2.45, 2.75) is 26.4 Å². The van der Waals surface area contributed by atoms with Crippen molar-refractivity contribution in [2.75, 3.05) is 13.7 Å². The lowest BCUT2D eigenvalue weighted by Crippen LogP contribution is -2.10. The molecule has 22 heavy (non-hydrogen) atoms. The van der Waals surface area contributed by atoms with E-state index in [0.717, 1.165) is 0 Å². The zero-order valence-electron chi connectivity index (χ0n) is 12.4. The highest BCUT2D eigenvalue weighted by Crippen LogP contribution is 2.27. The molecule has 0 spiro atoms. The number of benzene rings is 1. The van der Waals surface area contributed by atoms with E-state index >= 15 is 0 Å². The quantitative estimate of drug-likeness (QED) is 0.410. The van der Waals surface area contributed by atoms with Gasteiger partial charge in [0.15, 0.2) is 5.75 Å². The van der Waals surface area contributed by atoms with Crippen molar-refractivity contribution in [1.29, 1.82) is 0 Å². The summed E-state index contributed by atoms with van der Waals surface area (Å²) in [5, 5.41) is 10.9. The molecule has 0 fully saturated rings. The molecular formula is C14H17NO7. The summed E-state index contributed by atoms with van der Waals surface area (Å²) < 4.78 is 14.5. The van der Waals surface area contributed by atoms with Gasteiger partial charge in [-0.1, -0.05) is 6.07 Å². The van der Waals surface area contributed by atoms with Crippen molar-refractivity contribution >= 4 is 17.6 Å². The van der Waals surface area contributed by atoms with Crippen LogP contribution in [0.25, 0.3) is 0 Å². The third-order valence-corrected chi connectivity index (χ3v) is 2.68. The average Bonchev–Trinajstić information content (AvgIpc) is 2.50. The van der Waals surface area contributed by atoms with Crippen LogP contribution in [0.15, 0.2) is 18.2 Å². The highest BCUT2D eigenvalue weighted by atomic mass is 16.6. The maximum Gasteiger partial charge on any atom is 0.311 e. The lowest BCUT2D eigenvalue weighted by atomic mass is 10.2. The van der Waals surface area contributed by atoms with Crippen molar-refractivity contribution < 1.29 is 28.7 Å². The standard InChI is InChI=1S/C14H17NO7/c1-3-21-13(16)6-7-14(17)22-9-10-4-5-12(20-2)11(8-10)15(18)19/h4-5,8H,3,6-7,9H2,1-2H3. The van der Waals surface area contributed by atoms with Gasteiger partial charge in [-0.25, -0.2) is 0 Å². The summed E-state index contributed by atoms with van der Waals surface area (Å²) in [6.45, 7) is 1.81. The van der Waals surface area contributed by atoms with Gasteiger partial charge in [-0.05, 0) is 18.6 Å². The Morgan fingerprint density at radius 2 is 1.82 bits per heavy atom. The SMILES string of the molecule is CCOC(=O)CCC(=O)OCc1ccc(OC)c([N+](=O)[O-])c1. The summed E-state index contributed by atoms with van der Waals surface area (Å²) in [4.78, 5) is 32.9. The van der Waals surface area contributed by atoms with E-state index in [1.54, 1.807) is 13.0 Å². The van der Waals surface area contributed by atoms with Crippen molar-refractivity contribution in [2.24, 2.45) is 0 Å². The maximum atomic E-state index is 11.5. The molecule has 1 aromatic carbocycles. The summed E-state index contributed by atoms with van der Waals surface area (Å²) in [5.74, 6) is -0.923. The Balaban J connectivity index is 2.54. The van der Waals surface area contributed by atoms with Gasteiger partial charge in [-0.2, -0.15) is 0 Å². The van der Waals surface area contributed by atoms with Gasteiger partial charge in [0.1, 0.15) is 6.61 Å². The van der Waals surface area contributed by atoms with E-state index in [4.69, 9.17) is 9.47 Å². The zero-order valence-corrected chi connectivity index (χ0v) is 12.4. The molecule has 0 heterocycles. The first-order valence-electron chi connectivity index (χ1n) is 6.60. The topological polar surface area (TPSA) is 105 Å². The Morgan fingerprint density at radius 3 is 2.36 bits per heavy atom. The summed E-state index contributed by atoms with van der Waals surface area (Å²) in [6, 6.07) is 4.27. The lowest BCUT2D eigenvalue weighted by Gasteiger charge is -2.07. The first-order chi connectivity index (χ1) is 10.5. The molecule has 0 aliphatic rings. The first-order valence-corrected chi connectivity index (χ1v) is 6.60. The van der Waals surface area contributed by atoms with E-state index in [-0.39, 0.29) is 37.5 Å². The highest BCUT2D eigenvalue weighted by Gasteiger charge is 2.16. The summed E-state index contributed by atoms with van der Waals surface area (Å²) in [5.41, 5.74) is 0.250. The molecule has 0 saturated heterocycles. The molecule has 1 aromatic rings. The minimum absolute atomic E-state index is 0.0601. The van der Waals surface area contributed by atoms with Gasteiger partial charge in [0.2, 0.25) is 0 Å². The van der Waals surface area contributed by atoms with Crippen LogP contribution < -0.4 is 4.74 Å². The largest absolute Gasteiger partial charge is 0.490 e. The van der Waals surface area contributed by atoms with Crippen LogP contribution in [0.5, 0.6) is 5.75 Å². The molecule has 0 atom stereocenters. The van der Waals surface area contributed by atoms with Crippen molar-refractivity contribution in [3.05, 3.63) is 33.9 Å². The number of carbonyl (C=O) groups excluding carboxylic acids is 2. The highest BCUT2D eigenvalue weighted by molar-refractivity contribution is 5.77. The van der Waals surface area contributed by atoms with E-state index in [9.17, 15) is 19.7 Å². The van der Waals surface area contributed by atoms with Gasteiger partial charge in [0.05, 0.1) is 31.5 Å². The number of nitro benzene ring substituents is 1. The summed E-state index contributed by atoms with van der Waals surface area (Å²) in [6.07, 6.45) is -0.160. The van der Waals surface area contributed by atoms with Gasteiger partial charge in [-0.15, -0.1) is 0 Å². The average molecular weight is 311 g/mol. The first kappa shape index (κ1) is 17.4. The van der Waals surface area contributed by atoms with Crippen molar-refractivity contribution in [3.63, 3.8) is 0 Å². The molecule has 0 unspecified atom stereocenters. The molecular weight excluding hydrogens is 294 g/mol. The Kier molecular flexibility index (Phi) is 6.81. The molecule has 0 aromatic heterocycles. The Morgan fingerprint density at radius 1 is 1.18 bits per heavy atom. The van der Waals surface area contributed by atoms with Crippen molar-refractivity contribution in [3.8, 4) is 5.75 Å². The molecule has 0 aliphatic heterocycles. The van der Waals surface area contributed by atoms with Crippen LogP contribution in [-0.2, 0) is 25.7 Å². The van der Waals surface area contributed by atoms with Crippen LogP contribution in [0.3, 0.4) is 0 Å². The number of methoxy groups -OCH3 is 1. The second-order valence-electron chi connectivity index (χ2n) is 4.23. The fourth-order valence-corrected chi connectivity index (χ4v) is 1.64. The fourth-order valence-electron chi connectivity index (χ4n) is 1.64. The van der Waals surface area contributed by atoms with Gasteiger partial charge in [-0.3, -0.25) is 19.7 Å². The Labute approximate surface area is 127 Å². The zero-order chi connectivity index (χ0) is 16.5. The van der Waals surface area contributed by atoms with Gasteiger partial charge < -0.3 is 14.2 Å². The fraction of sp³-hybridized carbons (Fsp3) is 0.429. The van der Waals surface area contributed by atoms with E-state index in [0.29, 0.717) is 5.56 Å². The van der Waals surface area contributed by atoms with E-state index < -0.39 is 16.9 Å². The number of carbonyl (C=O) groups is 2. The number of ether oxygens (including phenoxy) is 3. The van der Waals surface area contributed by atoms with Crippen LogP contribution in [-0.4, -0.2) is 30.6 Å². The molecule has 0 saturated carbocycles. The second-order valence-corrected chi connectivity index (χ2v) is 4.23. The maximum absolute atomic E-state index is 11.5. The van der Waals surface area contributed by atoms with E-state index in [1.165, 1.54) is 19.2 Å². The molecule has 0 radical (unpaired) electrons. The molecule has 1 rings (SSSR count). The Hall–Kier alpha value is -2.64. The number of hydrogen-bond acceptors (Lipinski definition) is 7. The predicted molar refractivity (Wildman–Crippen MR) is 75.3 cm³/mol. The number of nitro groups is 1. The third-order valence-electron chi connectivity index (χ3n) is 2.68. The number of rotatable bonds is 8. The lowest BCUT2D eigenvalue weighted by molar-refractivity contribution is -0.385. The van der Waals surface area contributed by atoms with Gasteiger partial charge in [0, 0.05) is 6.07 Å². The third kappa shape index (κ3) is 5.39. The molecule has 8 heteroatoms. The molecule has 0 N–H and O–H groups in total. The Bertz CT molecular complexity index is 556. The molecule has 0 aliphatic carbocycles. The normalized spacial score (nSPS) is 9.91. The predicted octanol–water partition coefficient (Wildman–Crippen LogP) is 1.99. The summed E-state index contributed by atoms with van der Waals surface area (Å²) >= 11 is 0. The molecule has 0 amide bonds. The second kappa shape index (κ2) is 8.60. The van der Waals surface area contributed by atoms with Crippen LogP contribution in [0.4, 0.5) is 5.69 Å². The van der Waals surface area contributed by atoms with E-state index in [1.807, 2.05) is 0 Å². The number of esters is 2. The minimum Gasteiger partial charge on any atom is -0.490 e. The van der Waals surface area contributed by atoms with Gasteiger partial charge >= 0.3 is 17.6 Å². The summed E-state index contributed by atoms with van der Waals surface area (Å²) in [7, 11) is 1.33. The smallest absolute Gasteiger partial charge is 0.311 e. The monoisotopic (exact) mass is 311 g/mol. The van der Waals surface area contributed by atoms with Crippen LogP contribution in [0.2, 0.25) is 0 Å². The molecule has 0 bridgehead atoms. The van der Waals surface area contributed by atoms with E-state index in [2.05, 4.69) is 4.74 Å². The molecule has 8 nitrogen and oxygen atoms in total. The van der Waals surface area contributed by atoms with Gasteiger partial charge in [0.25, 0.3) is 0 Å². The van der Waals surface area contributed by atoms with Crippen LogP contribution >= 0.6 is 0 Å².